The first kappa shape index (κ1) is 27.5. The molecule has 0 aliphatic rings. The predicted octanol–water partition coefficient (Wildman–Crippen LogP) is 5.92. The van der Waals surface area contributed by atoms with Gasteiger partial charge in [0.1, 0.15) is 11.9 Å². The first-order valence-corrected chi connectivity index (χ1v) is 13.5. The van der Waals surface area contributed by atoms with Gasteiger partial charge in [0.25, 0.3) is 0 Å². The average Bonchev–Trinajstić information content (AvgIpc) is 2.88. The average molecular weight is 507 g/mol. The highest BCUT2D eigenvalue weighted by atomic mass is 32.2. The highest BCUT2D eigenvalue weighted by Crippen LogP contribution is 2.19. The van der Waals surface area contributed by atoms with Gasteiger partial charge in [0, 0.05) is 24.8 Å². The van der Waals surface area contributed by atoms with Crippen molar-refractivity contribution < 1.29 is 14.0 Å². The van der Waals surface area contributed by atoms with E-state index in [0.717, 1.165) is 28.7 Å². The fourth-order valence-corrected chi connectivity index (χ4v) is 4.68. The molecule has 190 valence electrons. The Kier molecular flexibility index (Phi) is 10.6. The molecule has 0 saturated heterocycles. The molecule has 1 N–H and O–H groups in total. The fourth-order valence-electron chi connectivity index (χ4n) is 3.80. The lowest BCUT2D eigenvalue weighted by atomic mass is 10.0. The number of nitrogens with one attached hydrogen (secondary N) is 1. The van der Waals surface area contributed by atoms with E-state index in [1.54, 1.807) is 17.0 Å². The number of aryl methyl sites for hydroxylation is 1. The Labute approximate surface area is 218 Å². The van der Waals surface area contributed by atoms with Gasteiger partial charge in [0.05, 0.1) is 5.75 Å². The van der Waals surface area contributed by atoms with E-state index in [0.29, 0.717) is 18.7 Å². The van der Waals surface area contributed by atoms with E-state index in [2.05, 4.69) is 5.32 Å². The molecule has 36 heavy (non-hydrogen) atoms. The minimum Gasteiger partial charge on any atom is -0.352 e. The zero-order valence-electron chi connectivity index (χ0n) is 21.2. The highest BCUT2D eigenvalue weighted by molar-refractivity contribution is 7.99. The molecule has 2 amide bonds. The van der Waals surface area contributed by atoms with Crippen LogP contribution in [0.2, 0.25) is 0 Å². The molecule has 4 nitrogen and oxygen atoms in total. The molecule has 6 heteroatoms. The van der Waals surface area contributed by atoms with Gasteiger partial charge in [-0.15, -0.1) is 11.8 Å². The Morgan fingerprint density at radius 1 is 0.917 bits per heavy atom. The van der Waals surface area contributed by atoms with Crippen molar-refractivity contribution in [2.24, 2.45) is 0 Å². The molecule has 3 rings (SSSR count). The minimum atomic E-state index is -0.637. The van der Waals surface area contributed by atoms with Gasteiger partial charge < -0.3 is 10.2 Å². The number of thioether (sulfide) groups is 1. The summed E-state index contributed by atoms with van der Waals surface area (Å²) in [4.78, 5) is 28.8. The molecular formula is C30H35FN2O2S. The van der Waals surface area contributed by atoms with Gasteiger partial charge in [-0.25, -0.2) is 4.39 Å². The SMILES string of the molecule is CC[C@H](C)NC(=O)[C@@H](Cc1ccccc1)N(Cc1ccc(C)cc1)C(=O)CSCc1ccc(F)cc1. The van der Waals surface area contributed by atoms with Crippen molar-refractivity contribution >= 4 is 23.6 Å². The van der Waals surface area contributed by atoms with Crippen molar-refractivity contribution in [1.82, 2.24) is 10.2 Å². The molecule has 0 aromatic heterocycles. The van der Waals surface area contributed by atoms with Gasteiger partial charge in [-0.1, -0.05) is 79.2 Å². The monoisotopic (exact) mass is 506 g/mol. The molecule has 0 spiro atoms. The molecule has 0 aliphatic carbocycles. The lowest BCUT2D eigenvalue weighted by Crippen LogP contribution is -2.52. The van der Waals surface area contributed by atoms with Crippen LogP contribution in [0.5, 0.6) is 0 Å². The number of benzene rings is 3. The number of carbonyl (C=O) groups is 2. The highest BCUT2D eigenvalue weighted by Gasteiger charge is 2.30. The Balaban J connectivity index is 1.84. The van der Waals surface area contributed by atoms with Gasteiger partial charge in [-0.2, -0.15) is 0 Å². The molecule has 0 unspecified atom stereocenters. The Morgan fingerprint density at radius 2 is 1.56 bits per heavy atom. The van der Waals surface area contributed by atoms with Crippen LogP contribution >= 0.6 is 11.8 Å². The first-order chi connectivity index (χ1) is 17.4. The van der Waals surface area contributed by atoms with Crippen molar-refractivity contribution in [3.05, 3.63) is 107 Å². The molecule has 2 atom stereocenters. The maximum absolute atomic E-state index is 13.6. The van der Waals surface area contributed by atoms with Crippen LogP contribution in [0, 0.1) is 12.7 Å². The lowest BCUT2D eigenvalue weighted by Gasteiger charge is -2.32. The summed E-state index contributed by atoms with van der Waals surface area (Å²) in [6.07, 6.45) is 1.24. The van der Waals surface area contributed by atoms with Crippen molar-refractivity contribution in [3.8, 4) is 0 Å². The van der Waals surface area contributed by atoms with Crippen LogP contribution in [0.4, 0.5) is 4.39 Å². The number of nitrogens with zero attached hydrogens (tertiary/aromatic N) is 1. The van der Waals surface area contributed by atoms with Crippen LogP contribution in [0.25, 0.3) is 0 Å². The van der Waals surface area contributed by atoms with Gasteiger partial charge in [0.2, 0.25) is 11.8 Å². The summed E-state index contributed by atoms with van der Waals surface area (Å²) >= 11 is 1.47. The molecule has 0 bridgehead atoms. The minimum absolute atomic E-state index is 0.0138. The number of hydrogen-bond donors (Lipinski definition) is 1. The van der Waals surface area contributed by atoms with E-state index in [1.807, 2.05) is 75.4 Å². The molecule has 0 aliphatic heterocycles. The topological polar surface area (TPSA) is 49.4 Å². The zero-order chi connectivity index (χ0) is 25.9. The molecule has 0 heterocycles. The fraction of sp³-hybridized carbons (Fsp3) is 0.333. The zero-order valence-corrected chi connectivity index (χ0v) is 22.1. The molecule has 3 aromatic rings. The molecule has 0 radical (unpaired) electrons. The Bertz CT molecular complexity index is 1100. The maximum Gasteiger partial charge on any atom is 0.243 e. The second-order valence-corrected chi connectivity index (χ2v) is 10.1. The third-order valence-corrected chi connectivity index (χ3v) is 7.14. The smallest absolute Gasteiger partial charge is 0.243 e. The summed E-state index contributed by atoms with van der Waals surface area (Å²) in [5.41, 5.74) is 4.07. The van der Waals surface area contributed by atoms with Crippen LogP contribution in [0.3, 0.4) is 0 Å². The van der Waals surface area contributed by atoms with Crippen molar-refractivity contribution in [2.45, 2.75) is 58.0 Å². The quantitative estimate of drug-likeness (QED) is 0.332. The summed E-state index contributed by atoms with van der Waals surface area (Å²) in [6.45, 7) is 6.37. The summed E-state index contributed by atoms with van der Waals surface area (Å²) in [6, 6.07) is 23.6. The third-order valence-electron chi connectivity index (χ3n) is 6.15. The number of rotatable bonds is 12. The Morgan fingerprint density at radius 3 is 2.19 bits per heavy atom. The molecule has 0 saturated carbocycles. The summed E-state index contributed by atoms with van der Waals surface area (Å²) in [5.74, 6) is 0.304. The number of carbonyl (C=O) groups excluding carboxylic acids is 2. The number of amides is 2. The number of hydrogen-bond acceptors (Lipinski definition) is 3. The second kappa shape index (κ2) is 13.8. The molecule has 0 fully saturated rings. The lowest BCUT2D eigenvalue weighted by molar-refractivity contribution is -0.139. The van der Waals surface area contributed by atoms with Crippen LogP contribution in [-0.2, 0) is 28.3 Å². The summed E-state index contributed by atoms with van der Waals surface area (Å²) in [7, 11) is 0. The van der Waals surface area contributed by atoms with Crippen LogP contribution in [0.1, 0.15) is 42.5 Å². The van der Waals surface area contributed by atoms with E-state index >= 15 is 0 Å². The van der Waals surface area contributed by atoms with Crippen molar-refractivity contribution in [1.29, 1.82) is 0 Å². The Hall–Kier alpha value is -3.12. The van der Waals surface area contributed by atoms with E-state index in [-0.39, 0.29) is 29.4 Å². The van der Waals surface area contributed by atoms with Crippen LogP contribution < -0.4 is 5.32 Å². The van der Waals surface area contributed by atoms with Crippen LogP contribution in [-0.4, -0.2) is 34.6 Å². The normalized spacial score (nSPS) is 12.6. The second-order valence-electron chi connectivity index (χ2n) is 9.15. The van der Waals surface area contributed by atoms with Gasteiger partial charge in [-0.05, 0) is 49.1 Å². The third kappa shape index (κ3) is 8.52. The van der Waals surface area contributed by atoms with E-state index in [9.17, 15) is 14.0 Å². The van der Waals surface area contributed by atoms with Gasteiger partial charge >= 0.3 is 0 Å². The van der Waals surface area contributed by atoms with E-state index in [1.165, 1.54) is 23.9 Å². The van der Waals surface area contributed by atoms with Crippen LogP contribution in [0.15, 0.2) is 78.9 Å². The first-order valence-electron chi connectivity index (χ1n) is 12.4. The van der Waals surface area contributed by atoms with E-state index < -0.39 is 6.04 Å². The van der Waals surface area contributed by atoms with Gasteiger partial charge in [-0.3, -0.25) is 9.59 Å². The summed E-state index contributed by atoms with van der Waals surface area (Å²) in [5, 5.41) is 3.09. The molecule has 3 aromatic carbocycles. The maximum atomic E-state index is 13.6. The van der Waals surface area contributed by atoms with Crippen molar-refractivity contribution in [2.75, 3.05) is 5.75 Å². The predicted molar refractivity (Wildman–Crippen MR) is 146 cm³/mol. The van der Waals surface area contributed by atoms with Gasteiger partial charge in [0.15, 0.2) is 0 Å². The molecular weight excluding hydrogens is 471 g/mol. The van der Waals surface area contributed by atoms with Crippen molar-refractivity contribution in [3.63, 3.8) is 0 Å². The standard InChI is InChI=1S/C30H35FN2O2S/c1-4-23(3)32-30(35)28(18-24-8-6-5-7-9-24)33(19-25-12-10-22(2)11-13-25)29(34)21-36-20-26-14-16-27(31)17-15-26/h5-17,23,28H,4,18-21H2,1-3H3,(H,32,35)/t23-,28+/m0/s1. The number of halogens is 1. The summed E-state index contributed by atoms with van der Waals surface area (Å²) < 4.78 is 13.2. The largest absolute Gasteiger partial charge is 0.352 e. The van der Waals surface area contributed by atoms with E-state index in [4.69, 9.17) is 0 Å².